The number of alkyl halides is 1. The Hall–Kier alpha value is -0.150. The predicted octanol–water partition coefficient (Wildman–Crippen LogP) is 6.99. The molecule has 152 valence electrons. The second-order valence-corrected chi connectivity index (χ2v) is 7.54. The maximum atomic E-state index is 12.0. The molecule has 0 saturated carbocycles. The Morgan fingerprint density at radius 1 is 0.640 bits per heavy atom. The maximum absolute atomic E-state index is 12.0. The number of hydrogen-bond acceptors (Lipinski definition) is 2. The van der Waals surface area contributed by atoms with Crippen LogP contribution in [0.2, 0.25) is 0 Å². The molecule has 0 fully saturated rings. The van der Waals surface area contributed by atoms with Crippen molar-refractivity contribution in [2.24, 2.45) is 0 Å². The van der Waals surface area contributed by atoms with Gasteiger partial charge in [0, 0.05) is 6.61 Å². The van der Waals surface area contributed by atoms with E-state index in [-0.39, 0.29) is 6.61 Å². The highest BCUT2D eigenvalue weighted by molar-refractivity contribution is 4.51. The zero-order chi connectivity index (χ0) is 18.4. The number of ether oxygens (including phenoxy) is 1. The van der Waals surface area contributed by atoms with Crippen molar-refractivity contribution >= 4 is 0 Å². The van der Waals surface area contributed by atoms with Crippen LogP contribution in [-0.2, 0) is 4.74 Å². The van der Waals surface area contributed by atoms with E-state index in [0.29, 0.717) is 6.61 Å². The van der Waals surface area contributed by atoms with Crippen molar-refractivity contribution in [3.05, 3.63) is 0 Å². The van der Waals surface area contributed by atoms with Gasteiger partial charge in [-0.3, -0.25) is 0 Å². The molecule has 0 aliphatic carbocycles. The number of halogens is 1. The largest absolute Gasteiger partial charge is 0.388 e. The Kier molecular flexibility index (Phi) is 21.8. The lowest BCUT2D eigenvalue weighted by Gasteiger charge is -2.07. The minimum atomic E-state index is -0.939. The van der Waals surface area contributed by atoms with Crippen molar-refractivity contribution in [1.29, 1.82) is 0 Å². The molecule has 25 heavy (non-hydrogen) atoms. The zero-order valence-corrected chi connectivity index (χ0v) is 17.0. The highest BCUT2D eigenvalue weighted by Crippen LogP contribution is 2.14. The summed E-state index contributed by atoms with van der Waals surface area (Å²) in [5.74, 6) is 0. The van der Waals surface area contributed by atoms with Gasteiger partial charge in [-0.05, 0) is 6.42 Å². The number of aliphatic hydroxyl groups excluding tert-OH is 1. The summed E-state index contributed by atoms with van der Waals surface area (Å²) in [6, 6.07) is 0. The van der Waals surface area contributed by atoms with Gasteiger partial charge in [0.15, 0.2) is 0 Å². The second kappa shape index (κ2) is 21.9. The Morgan fingerprint density at radius 3 is 1.36 bits per heavy atom. The molecule has 0 aromatic heterocycles. The molecular weight excluding hydrogens is 315 g/mol. The van der Waals surface area contributed by atoms with Crippen LogP contribution in [0.1, 0.15) is 116 Å². The van der Waals surface area contributed by atoms with E-state index in [1.165, 1.54) is 103 Å². The smallest absolute Gasteiger partial charge is 0.118 e. The quantitative estimate of drug-likeness (QED) is 0.224. The molecule has 1 unspecified atom stereocenters. The van der Waals surface area contributed by atoms with Crippen molar-refractivity contribution in [2.45, 2.75) is 122 Å². The third-order valence-corrected chi connectivity index (χ3v) is 4.88. The highest BCUT2D eigenvalue weighted by Gasteiger charge is 2.01. The van der Waals surface area contributed by atoms with Crippen LogP contribution in [0, 0.1) is 0 Å². The zero-order valence-electron chi connectivity index (χ0n) is 17.0. The first kappa shape index (κ1) is 24.8. The van der Waals surface area contributed by atoms with E-state index < -0.39 is 12.8 Å². The fourth-order valence-corrected chi connectivity index (χ4v) is 3.19. The van der Waals surface area contributed by atoms with Crippen LogP contribution in [0.4, 0.5) is 4.39 Å². The summed E-state index contributed by atoms with van der Waals surface area (Å²) in [5, 5.41) is 9.00. The van der Waals surface area contributed by atoms with E-state index in [1.807, 2.05) is 0 Å². The number of rotatable bonds is 21. The number of hydrogen-bond donors (Lipinski definition) is 1. The van der Waals surface area contributed by atoms with E-state index in [4.69, 9.17) is 9.84 Å². The molecule has 1 N–H and O–H groups in total. The first-order chi connectivity index (χ1) is 12.3. The molecule has 0 heterocycles. The van der Waals surface area contributed by atoms with E-state index >= 15 is 0 Å². The van der Waals surface area contributed by atoms with E-state index in [0.717, 1.165) is 6.42 Å². The van der Waals surface area contributed by atoms with Crippen LogP contribution in [0.25, 0.3) is 0 Å². The predicted molar refractivity (Wildman–Crippen MR) is 107 cm³/mol. The molecule has 0 aliphatic rings. The van der Waals surface area contributed by atoms with Crippen molar-refractivity contribution in [3.63, 3.8) is 0 Å². The van der Waals surface area contributed by atoms with Crippen LogP contribution in [0.15, 0.2) is 0 Å². The van der Waals surface area contributed by atoms with Crippen LogP contribution in [-0.4, -0.2) is 31.1 Å². The molecular formula is C22H45FO2. The van der Waals surface area contributed by atoms with Gasteiger partial charge in [-0.2, -0.15) is 0 Å². The molecule has 0 aliphatic heterocycles. The van der Waals surface area contributed by atoms with Crippen LogP contribution >= 0.6 is 0 Å². The normalized spacial score (nSPS) is 12.6. The molecule has 1 atom stereocenters. The first-order valence-corrected chi connectivity index (χ1v) is 11.1. The minimum absolute atomic E-state index is 0.134. The SMILES string of the molecule is CCCCCCCCCCCCCCCCCCCOCC(O)CF. The Labute approximate surface area is 156 Å². The topological polar surface area (TPSA) is 29.5 Å². The molecule has 0 radical (unpaired) electrons. The van der Waals surface area contributed by atoms with Gasteiger partial charge in [0.05, 0.1) is 6.61 Å². The van der Waals surface area contributed by atoms with E-state index in [9.17, 15) is 4.39 Å². The van der Waals surface area contributed by atoms with Crippen molar-refractivity contribution in [2.75, 3.05) is 19.9 Å². The van der Waals surface area contributed by atoms with Crippen LogP contribution < -0.4 is 0 Å². The standard InChI is InChI=1S/C22H45FO2/c1-2-3-4-5-6-7-8-9-10-11-12-13-14-15-16-17-18-19-25-21-22(24)20-23/h22,24H,2-21H2,1H3. The number of unbranched alkanes of at least 4 members (excludes halogenated alkanes) is 16. The summed E-state index contributed by atoms with van der Waals surface area (Å²) in [6.07, 6.45) is 22.3. The summed E-state index contributed by atoms with van der Waals surface area (Å²) >= 11 is 0. The Balaban J connectivity index is 2.98. The van der Waals surface area contributed by atoms with Gasteiger partial charge >= 0.3 is 0 Å². The van der Waals surface area contributed by atoms with Gasteiger partial charge in [-0.25, -0.2) is 4.39 Å². The molecule has 0 bridgehead atoms. The molecule has 0 aromatic rings. The Morgan fingerprint density at radius 2 is 1.00 bits per heavy atom. The molecule has 2 nitrogen and oxygen atoms in total. The molecule has 0 aromatic carbocycles. The van der Waals surface area contributed by atoms with Gasteiger partial charge < -0.3 is 9.84 Å². The lowest BCUT2D eigenvalue weighted by Crippen LogP contribution is -2.17. The third kappa shape index (κ3) is 21.8. The third-order valence-electron chi connectivity index (χ3n) is 4.88. The average molecular weight is 361 g/mol. The van der Waals surface area contributed by atoms with Gasteiger partial charge in [-0.1, -0.05) is 110 Å². The summed E-state index contributed by atoms with van der Waals surface area (Å²) in [6.45, 7) is 2.35. The maximum Gasteiger partial charge on any atom is 0.118 e. The summed E-state index contributed by atoms with van der Waals surface area (Å²) in [4.78, 5) is 0. The minimum Gasteiger partial charge on any atom is -0.388 e. The van der Waals surface area contributed by atoms with E-state index in [2.05, 4.69) is 6.92 Å². The summed E-state index contributed by atoms with van der Waals surface area (Å²) < 4.78 is 17.2. The van der Waals surface area contributed by atoms with Crippen molar-refractivity contribution in [3.8, 4) is 0 Å². The molecule has 0 amide bonds. The molecule has 0 spiro atoms. The van der Waals surface area contributed by atoms with Gasteiger partial charge in [0.25, 0.3) is 0 Å². The lowest BCUT2D eigenvalue weighted by molar-refractivity contribution is 0.0228. The van der Waals surface area contributed by atoms with Crippen molar-refractivity contribution in [1.82, 2.24) is 0 Å². The molecule has 0 saturated heterocycles. The Bertz CT molecular complexity index is 236. The fourth-order valence-electron chi connectivity index (χ4n) is 3.19. The summed E-state index contributed by atoms with van der Waals surface area (Å²) in [5.41, 5.74) is 0. The molecule has 0 rings (SSSR count). The van der Waals surface area contributed by atoms with Crippen molar-refractivity contribution < 1.29 is 14.2 Å². The molecule has 3 heteroatoms. The van der Waals surface area contributed by atoms with Crippen LogP contribution in [0.5, 0.6) is 0 Å². The second-order valence-electron chi connectivity index (χ2n) is 7.54. The van der Waals surface area contributed by atoms with Crippen LogP contribution in [0.3, 0.4) is 0 Å². The van der Waals surface area contributed by atoms with Gasteiger partial charge in [0.2, 0.25) is 0 Å². The fraction of sp³-hybridized carbons (Fsp3) is 1.00. The lowest BCUT2D eigenvalue weighted by atomic mass is 10.0. The highest BCUT2D eigenvalue weighted by atomic mass is 19.1. The van der Waals surface area contributed by atoms with Gasteiger partial charge in [0.1, 0.15) is 12.8 Å². The van der Waals surface area contributed by atoms with Gasteiger partial charge in [-0.15, -0.1) is 0 Å². The average Bonchev–Trinajstić information content (AvgIpc) is 2.63. The summed E-state index contributed by atoms with van der Waals surface area (Å²) in [7, 11) is 0. The first-order valence-electron chi connectivity index (χ1n) is 11.1. The van der Waals surface area contributed by atoms with E-state index in [1.54, 1.807) is 0 Å². The monoisotopic (exact) mass is 360 g/mol. The number of aliphatic hydroxyl groups is 1.